The van der Waals surface area contributed by atoms with E-state index in [0.29, 0.717) is 33.5 Å². The van der Waals surface area contributed by atoms with Gasteiger partial charge in [0, 0.05) is 29.0 Å². The number of ether oxygens (including phenoxy) is 3. The molecular formula is C22H20N2O5S. The molecule has 0 aliphatic carbocycles. The number of rotatable bonds is 7. The summed E-state index contributed by atoms with van der Waals surface area (Å²) in [6, 6.07) is 13.0. The fourth-order valence-electron chi connectivity index (χ4n) is 3.19. The van der Waals surface area contributed by atoms with E-state index in [2.05, 4.69) is 10.3 Å². The van der Waals surface area contributed by atoms with Gasteiger partial charge in [-0.2, -0.15) is 0 Å². The highest BCUT2D eigenvalue weighted by Crippen LogP contribution is 2.35. The van der Waals surface area contributed by atoms with Crippen LogP contribution in [0.5, 0.6) is 11.5 Å². The van der Waals surface area contributed by atoms with Gasteiger partial charge in [-0.25, -0.2) is 4.98 Å². The normalized spacial score (nSPS) is 10.9. The monoisotopic (exact) mass is 424 g/mol. The number of benzene rings is 2. The van der Waals surface area contributed by atoms with Crippen molar-refractivity contribution < 1.29 is 23.4 Å². The van der Waals surface area contributed by atoms with Crippen LogP contribution in [-0.4, -0.2) is 32.2 Å². The summed E-state index contributed by atoms with van der Waals surface area (Å²) < 4.78 is 21.8. The van der Waals surface area contributed by atoms with Crippen molar-refractivity contribution in [1.82, 2.24) is 4.98 Å². The predicted molar refractivity (Wildman–Crippen MR) is 116 cm³/mol. The molecule has 7 nitrogen and oxygen atoms in total. The predicted octanol–water partition coefficient (Wildman–Crippen LogP) is 4.97. The van der Waals surface area contributed by atoms with E-state index in [0.717, 1.165) is 10.9 Å². The smallest absolute Gasteiger partial charge is 0.293 e. The highest BCUT2D eigenvalue weighted by molar-refractivity contribution is 7.14. The van der Waals surface area contributed by atoms with Gasteiger partial charge in [-0.3, -0.25) is 10.1 Å². The number of hydrogen-bond acceptors (Lipinski definition) is 7. The van der Waals surface area contributed by atoms with Crippen LogP contribution >= 0.6 is 11.3 Å². The average Bonchev–Trinajstić information content (AvgIpc) is 3.38. The molecule has 154 valence electrons. The van der Waals surface area contributed by atoms with Crippen molar-refractivity contribution in [1.29, 1.82) is 0 Å². The number of aromatic nitrogens is 1. The second kappa shape index (κ2) is 8.56. The molecule has 0 bridgehead atoms. The van der Waals surface area contributed by atoms with Gasteiger partial charge in [-0.15, -0.1) is 11.3 Å². The molecule has 30 heavy (non-hydrogen) atoms. The number of furan rings is 1. The number of hydrogen-bond donors (Lipinski definition) is 1. The van der Waals surface area contributed by atoms with Gasteiger partial charge in [0.25, 0.3) is 5.91 Å². The van der Waals surface area contributed by atoms with Gasteiger partial charge in [0.05, 0.1) is 26.5 Å². The molecule has 2 heterocycles. The molecule has 1 amide bonds. The molecule has 0 atom stereocenters. The third-order valence-electron chi connectivity index (χ3n) is 4.60. The Hall–Kier alpha value is -3.36. The summed E-state index contributed by atoms with van der Waals surface area (Å²) in [4.78, 5) is 17.4. The van der Waals surface area contributed by atoms with Gasteiger partial charge in [-0.1, -0.05) is 18.2 Å². The maximum absolute atomic E-state index is 12.9. The zero-order valence-electron chi connectivity index (χ0n) is 16.7. The zero-order valence-corrected chi connectivity index (χ0v) is 17.5. The van der Waals surface area contributed by atoms with Crippen molar-refractivity contribution in [2.45, 2.75) is 6.61 Å². The first-order chi connectivity index (χ1) is 14.6. The molecule has 0 spiro atoms. The Bertz CT molecular complexity index is 1200. The number of carbonyl (C=O) groups excluding carboxylic acids is 1. The molecule has 4 aromatic rings. The van der Waals surface area contributed by atoms with E-state index in [9.17, 15) is 4.79 Å². The average molecular weight is 424 g/mol. The highest BCUT2D eigenvalue weighted by atomic mass is 32.1. The number of carbonyl (C=O) groups is 1. The van der Waals surface area contributed by atoms with E-state index in [4.69, 9.17) is 18.6 Å². The maximum Gasteiger partial charge on any atom is 0.293 e. The Balaban J connectivity index is 1.63. The summed E-state index contributed by atoms with van der Waals surface area (Å²) >= 11 is 1.31. The van der Waals surface area contributed by atoms with Gasteiger partial charge < -0.3 is 18.6 Å². The quantitative estimate of drug-likeness (QED) is 0.451. The van der Waals surface area contributed by atoms with Gasteiger partial charge in [-0.05, 0) is 24.3 Å². The first kappa shape index (κ1) is 19.9. The number of fused-ring (bicyclic) bond motifs is 1. The Morgan fingerprint density at radius 3 is 2.73 bits per heavy atom. The summed E-state index contributed by atoms with van der Waals surface area (Å²) in [6.07, 6.45) is 0. The molecule has 0 fully saturated rings. The van der Waals surface area contributed by atoms with Crippen LogP contribution < -0.4 is 14.8 Å². The van der Waals surface area contributed by atoms with Crippen LogP contribution in [0.15, 0.2) is 52.3 Å². The molecule has 0 saturated carbocycles. The number of para-hydroxylation sites is 1. The molecule has 1 N–H and O–H groups in total. The summed E-state index contributed by atoms with van der Waals surface area (Å²) in [6.45, 7) is 0.268. The number of methoxy groups -OCH3 is 3. The minimum absolute atomic E-state index is 0.216. The van der Waals surface area contributed by atoms with E-state index in [1.807, 2.05) is 47.8 Å². The van der Waals surface area contributed by atoms with Crippen molar-refractivity contribution in [3.8, 4) is 22.8 Å². The van der Waals surface area contributed by atoms with E-state index >= 15 is 0 Å². The summed E-state index contributed by atoms with van der Waals surface area (Å²) in [7, 11) is 4.78. The van der Waals surface area contributed by atoms with Crippen LogP contribution in [0.4, 0.5) is 5.13 Å². The van der Waals surface area contributed by atoms with Crippen molar-refractivity contribution in [2.75, 3.05) is 26.6 Å². The fourth-order valence-corrected chi connectivity index (χ4v) is 3.90. The van der Waals surface area contributed by atoms with Gasteiger partial charge in [0.15, 0.2) is 10.9 Å². The van der Waals surface area contributed by atoms with Crippen LogP contribution in [0.1, 0.15) is 16.1 Å². The van der Waals surface area contributed by atoms with Crippen LogP contribution in [0.3, 0.4) is 0 Å². The number of nitrogens with zero attached hydrogens (tertiary/aromatic N) is 1. The van der Waals surface area contributed by atoms with Crippen LogP contribution in [-0.2, 0) is 11.3 Å². The Morgan fingerprint density at radius 1 is 1.13 bits per heavy atom. The molecule has 8 heteroatoms. The van der Waals surface area contributed by atoms with Crippen LogP contribution in [0, 0.1) is 0 Å². The topological polar surface area (TPSA) is 82.8 Å². The molecule has 0 aliphatic rings. The summed E-state index contributed by atoms with van der Waals surface area (Å²) in [5, 5.41) is 5.97. The first-order valence-corrected chi connectivity index (χ1v) is 10.0. The second-order valence-corrected chi connectivity index (χ2v) is 7.26. The number of anilines is 1. The molecule has 2 aromatic carbocycles. The van der Waals surface area contributed by atoms with Gasteiger partial charge in [0.2, 0.25) is 0 Å². The van der Waals surface area contributed by atoms with E-state index in [-0.39, 0.29) is 18.3 Å². The third-order valence-corrected chi connectivity index (χ3v) is 5.36. The Kier molecular flexibility index (Phi) is 5.69. The van der Waals surface area contributed by atoms with Crippen molar-refractivity contribution in [3.05, 3.63) is 59.2 Å². The van der Waals surface area contributed by atoms with Gasteiger partial charge >= 0.3 is 0 Å². The SMILES string of the molecule is COCc1c(C(=O)Nc2nc(-c3cc(OC)ccc3OC)cs2)oc2ccccc12. The zero-order chi connectivity index (χ0) is 21.1. The molecule has 0 unspecified atom stereocenters. The van der Waals surface area contributed by atoms with Crippen LogP contribution in [0.2, 0.25) is 0 Å². The maximum atomic E-state index is 12.9. The Labute approximate surface area is 177 Å². The molecule has 0 aliphatic heterocycles. The first-order valence-electron chi connectivity index (χ1n) is 9.13. The van der Waals surface area contributed by atoms with Crippen LogP contribution in [0.25, 0.3) is 22.2 Å². The molecule has 0 radical (unpaired) electrons. The highest BCUT2D eigenvalue weighted by Gasteiger charge is 2.22. The largest absolute Gasteiger partial charge is 0.497 e. The van der Waals surface area contributed by atoms with Crippen molar-refractivity contribution in [2.24, 2.45) is 0 Å². The summed E-state index contributed by atoms with van der Waals surface area (Å²) in [5.74, 6) is 1.19. The lowest BCUT2D eigenvalue weighted by Gasteiger charge is -2.08. The Morgan fingerprint density at radius 2 is 1.97 bits per heavy atom. The van der Waals surface area contributed by atoms with Crippen molar-refractivity contribution in [3.63, 3.8) is 0 Å². The molecule has 0 saturated heterocycles. The summed E-state index contributed by atoms with van der Waals surface area (Å²) in [5.41, 5.74) is 2.79. The minimum atomic E-state index is -0.378. The lowest BCUT2D eigenvalue weighted by atomic mass is 10.1. The lowest BCUT2D eigenvalue weighted by Crippen LogP contribution is -2.13. The fraction of sp³-hybridized carbons (Fsp3) is 0.182. The number of nitrogens with one attached hydrogen (secondary N) is 1. The van der Waals surface area contributed by atoms with Gasteiger partial charge in [0.1, 0.15) is 17.1 Å². The van der Waals surface area contributed by atoms with Crippen molar-refractivity contribution >= 4 is 33.3 Å². The number of thiazole rings is 1. The lowest BCUT2D eigenvalue weighted by molar-refractivity contribution is 0.0992. The van der Waals surface area contributed by atoms with E-state index < -0.39 is 0 Å². The molecule has 4 rings (SSSR count). The minimum Gasteiger partial charge on any atom is -0.497 e. The molecular weight excluding hydrogens is 404 g/mol. The standard InChI is InChI=1S/C22H20N2O5S/c1-26-11-16-14-6-4-5-7-19(14)29-20(16)21(25)24-22-23-17(12-30-22)15-10-13(27-2)8-9-18(15)28-3/h4-10,12H,11H2,1-3H3,(H,23,24,25). The number of amides is 1. The second-order valence-electron chi connectivity index (χ2n) is 6.40. The van der Waals surface area contributed by atoms with E-state index in [1.54, 1.807) is 21.3 Å². The van der Waals surface area contributed by atoms with E-state index in [1.165, 1.54) is 11.3 Å². The third kappa shape index (κ3) is 3.74. The molecule has 2 aromatic heterocycles.